The third-order valence-electron chi connectivity index (χ3n) is 4.16. The van der Waals surface area contributed by atoms with E-state index in [0.29, 0.717) is 10.8 Å². The SMILES string of the molecule is CSC1CCC(NC(=O)c2cc3ccccc3cc2O)C1. The number of rotatable bonds is 3. The highest BCUT2D eigenvalue weighted by atomic mass is 32.2. The maximum Gasteiger partial charge on any atom is 0.255 e. The Labute approximate surface area is 128 Å². The van der Waals surface area contributed by atoms with Gasteiger partial charge in [-0.15, -0.1) is 0 Å². The predicted molar refractivity (Wildman–Crippen MR) is 88.0 cm³/mol. The van der Waals surface area contributed by atoms with Gasteiger partial charge in [-0.2, -0.15) is 11.8 Å². The van der Waals surface area contributed by atoms with Crippen LogP contribution in [0, 0.1) is 0 Å². The fourth-order valence-corrected chi connectivity index (χ4v) is 3.76. The Bertz CT molecular complexity index is 671. The van der Waals surface area contributed by atoms with Crippen LogP contribution in [0.5, 0.6) is 5.75 Å². The second-order valence-electron chi connectivity index (χ2n) is 5.56. The number of benzene rings is 2. The van der Waals surface area contributed by atoms with Gasteiger partial charge in [-0.05, 0) is 48.4 Å². The van der Waals surface area contributed by atoms with Gasteiger partial charge in [0.05, 0.1) is 5.56 Å². The summed E-state index contributed by atoms with van der Waals surface area (Å²) in [6, 6.07) is 11.4. The van der Waals surface area contributed by atoms with Crippen molar-refractivity contribution in [2.75, 3.05) is 6.26 Å². The lowest BCUT2D eigenvalue weighted by atomic mass is 10.0. The van der Waals surface area contributed by atoms with Crippen LogP contribution >= 0.6 is 11.8 Å². The quantitative estimate of drug-likeness (QED) is 0.911. The number of hydrogen-bond donors (Lipinski definition) is 2. The van der Waals surface area contributed by atoms with Crippen molar-refractivity contribution in [1.29, 1.82) is 0 Å². The molecule has 0 spiro atoms. The van der Waals surface area contributed by atoms with Crippen molar-refractivity contribution in [3.05, 3.63) is 42.0 Å². The van der Waals surface area contributed by atoms with Crippen molar-refractivity contribution >= 4 is 28.4 Å². The van der Waals surface area contributed by atoms with Crippen LogP contribution in [0.15, 0.2) is 36.4 Å². The van der Waals surface area contributed by atoms with E-state index in [0.717, 1.165) is 30.0 Å². The van der Waals surface area contributed by atoms with Crippen molar-refractivity contribution in [1.82, 2.24) is 5.32 Å². The minimum Gasteiger partial charge on any atom is -0.507 e. The third kappa shape index (κ3) is 3.00. The highest BCUT2D eigenvalue weighted by molar-refractivity contribution is 7.99. The Balaban J connectivity index is 1.80. The van der Waals surface area contributed by atoms with Gasteiger partial charge in [0.15, 0.2) is 0 Å². The lowest BCUT2D eigenvalue weighted by Crippen LogP contribution is -2.33. The van der Waals surface area contributed by atoms with Gasteiger partial charge in [-0.3, -0.25) is 4.79 Å². The number of phenolic OH excluding ortho intramolecular Hbond substituents is 1. The molecule has 110 valence electrons. The molecule has 0 radical (unpaired) electrons. The smallest absolute Gasteiger partial charge is 0.255 e. The van der Waals surface area contributed by atoms with Crippen LogP contribution in [-0.4, -0.2) is 28.6 Å². The van der Waals surface area contributed by atoms with E-state index in [1.54, 1.807) is 12.1 Å². The van der Waals surface area contributed by atoms with Crippen molar-refractivity contribution in [2.45, 2.75) is 30.6 Å². The maximum absolute atomic E-state index is 12.4. The third-order valence-corrected chi connectivity index (χ3v) is 5.26. The van der Waals surface area contributed by atoms with Crippen molar-refractivity contribution in [3.8, 4) is 5.75 Å². The maximum atomic E-state index is 12.4. The van der Waals surface area contributed by atoms with E-state index >= 15 is 0 Å². The Morgan fingerprint density at radius 1 is 1.24 bits per heavy atom. The topological polar surface area (TPSA) is 49.3 Å². The fourth-order valence-electron chi connectivity index (χ4n) is 2.96. The van der Waals surface area contributed by atoms with Crippen LogP contribution in [0.4, 0.5) is 0 Å². The van der Waals surface area contributed by atoms with E-state index in [9.17, 15) is 9.90 Å². The average molecular weight is 301 g/mol. The minimum absolute atomic E-state index is 0.0469. The standard InChI is InChI=1S/C17H19NO2S/c1-21-14-7-6-13(10-14)18-17(20)15-8-11-4-2-3-5-12(11)9-16(15)19/h2-5,8-9,13-14,19H,6-7,10H2,1H3,(H,18,20). The molecule has 2 N–H and O–H groups in total. The van der Waals surface area contributed by atoms with Gasteiger partial charge in [0.2, 0.25) is 0 Å². The zero-order chi connectivity index (χ0) is 14.8. The number of thioether (sulfide) groups is 1. The molecule has 3 rings (SSSR count). The summed E-state index contributed by atoms with van der Waals surface area (Å²) in [5.74, 6) is -0.129. The van der Waals surface area contributed by atoms with Crippen molar-refractivity contribution < 1.29 is 9.90 Å². The molecular weight excluding hydrogens is 282 g/mol. The number of phenols is 1. The second kappa shape index (κ2) is 5.98. The second-order valence-corrected chi connectivity index (χ2v) is 6.70. The van der Waals surface area contributed by atoms with Gasteiger partial charge >= 0.3 is 0 Å². The van der Waals surface area contributed by atoms with Crippen molar-refractivity contribution in [3.63, 3.8) is 0 Å². The first-order valence-electron chi connectivity index (χ1n) is 7.23. The lowest BCUT2D eigenvalue weighted by Gasteiger charge is -2.14. The van der Waals surface area contributed by atoms with Crippen LogP contribution < -0.4 is 5.32 Å². The summed E-state index contributed by atoms with van der Waals surface area (Å²) in [6.07, 6.45) is 5.30. The Morgan fingerprint density at radius 2 is 1.95 bits per heavy atom. The molecule has 0 heterocycles. The summed E-state index contributed by atoms with van der Waals surface area (Å²) < 4.78 is 0. The van der Waals surface area contributed by atoms with Gasteiger partial charge in [0.1, 0.15) is 5.75 Å². The zero-order valence-electron chi connectivity index (χ0n) is 12.0. The molecule has 2 unspecified atom stereocenters. The van der Waals surface area contributed by atoms with E-state index < -0.39 is 0 Å². The molecule has 0 aliphatic heterocycles. The van der Waals surface area contributed by atoms with Gasteiger partial charge in [-0.25, -0.2) is 0 Å². The van der Waals surface area contributed by atoms with Gasteiger partial charge < -0.3 is 10.4 Å². The zero-order valence-corrected chi connectivity index (χ0v) is 12.8. The molecule has 1 amide bonds. The number of amides is 1. The van der Waals surface area contributed by atoms with E-state index in [2.05, 4.69) is 11.6 Å². The average Bonchev–Trinajstić information content (AvgIpc) is 2.94. The Kier molecular flexibility index (Phi) is 4.06. The summed E-state index contributed by atoms with van der Waals surface area (Å²) in [7, 11) is 0. The van der Waals surface area contributed by atoms with Crippen LogP contribution in [-0.2, 0) is 0 Å². The number of hydrogen-bond acceptors (Lipinski definition) is 3. The number of nitrogens with one attached hydrogen (secondary N) is 1. The fraction of sp³-hybridized carbons (Fsp3) is 0.353. The minimum atomic E-state index is -0.176. The molecule has 0 saturated heterocycles. The molecule has 2 aromatic rings. The Hall–Kier alpha value is -1.68. The molecule has 4 heteroatoms. The van der Waals surface area contributed by atoms with Gasteiger partial charge in [0, 0.05) is 11.3 Å². The van der Waals surface area contributed by atoms with E-state index in [1.807, 2.05) is 36.0 Å². The molecule has 1 aliphatic carbocycles. The predicted octanol–water partition coefficient (Wildman–Crippen LogP) is 3.56. The molecule has 2 aromatic carbocycles. The number of fused-ring (bicyclic) bond motifs is 1. The largest absolute Gasteiger partial charge is 0.507 e. The lowest BCUT2D eigenvalue weighted by molar-refractivity contribution is 0.0935. The molecule has 3 nitrogen and oxygen atoms in total. The molecular formula is C17H19NO2S. The first-order valence-corrected chi connectivity index (χ1v) is 8.51. The molecule has 1 saturated carbocycles. The highest BCUT2D eigenvalue weighted by Gasteiger charge is 2.26. The molecule has 1 aliphatic rings. The van der Waals surface area contributed by atoms with Gasteiger partial charge in [-0.1, -0.05) is 24.3 Å². The molecule has 2 atom stereocenters. The molecule has 21 heavy (non-hydrogen) atoms. The van der Waals surface area contributed by atoms with Crippen LogP contribution in [0.1, 0.15) is 29.6 Å². The van der Waals surface area contributed by atoms with Crippen LogP contribution in [0.2, 0.25) is 0 Å². The first-order chi connectivity index (χ1) is 10.2. The summed E-state index contributed by atoms with van der Waals surface area (Å²) >= 11 is 1.86. The van der Waals surface area contributed by atoms with Gasteiger partial charge in [0.25, 0.3) is 5.91 Å². The first kappa shape index (κ1) is 14.3. The summed E-state index contributed by atoms with van der Waals surface area (Å²) in [6.45, 7) is 0. The molecule has 0 aromatic heterocycles. The summed E-state index contributed by atoms with van der Waals surface area (Å²) in [5.41, 5.74) is 0.362. The highest BCUT2D eigenvalue weighted by Crippen LogP contribution is 2.29. The van der Waals surface area contributed by atoms with Crippen molar-refractivity contribution in [2.24, 2.45) is 0 Å². The van der Waals surface area contributed by atoms with E-state index in [4.69, 9.17) is 0 Å². The van der Waals surface area contributed by atoms with Crippen LogP contribution in [0.25, 0.3) is 10.8 Å². The summed E-state index contributed by atoms with van der Waals surface area (Å²) in [5, 5.41) is 15.7. The number of aromatic hydroxyl groups is 1. The van der Waals surface area contributed by atoms with Crippen LogP contribution in [0.3, 0.4) is 0 Å². The molecule has 0 bridgehead atoms. The monoisotopic (exact) mass is 301 g/mol. The van der Waals surface area contributed by atoms with E-state index in [1.165, 1.54) is 0 Å². The number of carbonyl (C=O) groups is 1. The Morgan fingerprint density at radius 3 is 2.62 bits per heavy atom. The normalized spacial score (nSPS) is 21.6. The summed E-state index contributed by atoms with van der Waals surface area (Å²) in [4.78, 5) is 12.4. The molecule has 1 fully saturated rings. The van der Waals surface area contributed by atoms with E-state index in [-0.39, 0.29) is 17.7 Å². The number of carbonyl (C=O) groups excluding carboxylic acids is 1.